The summed E-state index contributed by atoms with van der Waals surface area (Å²) in [6, 6.07) is 0. The molecule has 2 heteroatoms. The van der Waals surface area contributed by atoms with E-state index in [1.165, 1.54) is 25.7 Å². The molecular weight excluding hydrogens is 186 g/mol. The van der Waals surface area contributed by atoms with Gasteiger partial charge in [0.2, 0.25) is 5.91 Å². The van der Waals surface area contributed by atoms with Crippen LogP contribution in [0.3, 0.4) is 0 Å². The molecule has 0 aromatic heterocycles. The zero-order chi connectivity index (χ0) is 11.3. The van der Waals surface area contributed by atoms with Crippen molar-refractivity contribution in [3.8, 4) is 0 Å². The molecule has 0 aromatic rings. The van der Waals surface area contributed by atoms with Gasteiger partial charge in [0, 0.05) is 19.5 Å². The van der Waals surface area contributed by atoms with Crippen molar-refractivity contribution in [3.05, 3.63) is 0 Å². The van der Waals surface area contributed by atoms with Crippen molar-refractivity contribution in [2.45, 2.75) is 52.9 Å². The number of hydrogen-bond acceptors (Lipinski definition) is 1. The van der Waals surface area contributed by atoms with Gasteiger partial charge in [0.1, 0.15) is 0 Å². The smallest absolute Gasteiger partial charge is 0.222 e. The molecule has 1 aliphatic heterocycles. The van der Waals surface area contributed by atoms with E-state index in [0.717, 1.165) is 25.4 Å². The molecule has 0 aliphatic carbocycles. The average Bonchev–Trinajstić information content (AvgIpc) is 2.18. The molecule has 0 bridgehead atoms. The fourth-order valence-corrected chi connectivity index (χ4v) is 2.36. The first-order chi connectivity index (χ1) is 7.13. The van der Waals surface area contributed by atoms with Crippen molar-refractivity contribution in [1.82, 2.24) is 4.90 Å². The normalized spacial score (nSPS) is 18.5. The second-order valence-corrected chi connectivity index (χ2v) is 5.21. The number of amides is 1. The largest absolute Gasteiger partial charge is 0.343 e. The molecule has 0 saturated carbocycles. The van der Waals surface area contributed by atoms with E-state index in [1.54, 1.807) is 0 Å². The number of likely N-dealkylation sites (tertiary alicyclic amines) is 1. The number of rotatable bonds is 4. The van der Waals surface area contributed by atoms with E-state index in [2.05, 4.69) is 25.7 Å². The first kappa shape index (κ1) is 12.5. The number of nitrogens with zero attached hydrogens (tertiary/aromatic N) is 1. The summed E-state index contributed by atoms with van der Waals surface area (Å²) >= 11 is 0. The van der Waals surface area contributed by atoms with Crippen LogP contribution < -0.4 is 0 Å². The van der Waals surface area contributed by atoms with Gasteiger partial charge in [0.15, 0.2) is 0 Å². The summed E-state index contributed by atoms with van der Waals surface area (Å²) in [5, 5.41) is 0. The minimum atomic E-state index is 0.361. The predicted molar refractivity (Wildman–Crippen MR) is 63.7 cm³/mol. The molecule has 1 fully saturated rings. The molecule has 0 N–H and O–H groups in total. The minimum Gasteiger partial charge on any atom is -0.343 e. The van der Waals surface area contributed by atoms with Gasteiger partial charge in [-0.05, 0) is 24.7 Å². The summed E-state index contributed by atoms with van der Waals surface area (Å²) in [5.41, 5.74) is 0. The van der Waals surface area contributed by atoms with Crippen molar-refractivity contribution in [3.63, 3.8) is 0 Å². The summed E-state index contributed by atoms with van der Waals surface area (Å²) in [6.07, 6.45) is 5.78. The van der Waals surface area contributed by atoms with Gasteiger partial charge in [0.25, 0.3) is 0 Å². The van der Waals surface area contributed by atoms with Crippen LogP contribution in [0.5, 0.6) is 0 Å². The first-order valence-corrected chi connectivity index (χ1v) is 6.41. The summed E-state index contributed by atoms with van der Waals surface area (Å²) in [5.74, 6) is 1.73. The Kier molecular flexibility index (Phi) is 5.13. The molecule has 88 valence electrons. The third-order valence-corrected chi connectivity index (χ3v) is 3.25. The van der Waals surface area contributed by atoms with Gasteiger partial charge in [-0.25, -0.2) is 0 Å². The van der Waals surface area contributed by atoms with E-state index in [1.807, 2.05) is 0 Å². The zero-order valence-electron chi connectivity index (χ0n) is 10.5. The summed E-state index contributed by atoms with van der Waals surface area (Å²) in [4.78, 5) is 13.9. The van der Waals surface area contributed by atoms with E-state index in [9.17, 15) is 4.79 Å². The topological polar surface area (TPSA) is 20.3 Å². The first-order valence-electron chi connectivity index (χ1n) is 6.41. The van der Waals surface area contributed by atoms with Crippen LogP contribution in [0.4, 0.5) is 0 Å². The molecular formula is C13H25NO. The van der Waals surface area contributed by atoms with Crippen molar-refractivity contribution in [2.24, 2.45) is 11.8 Å². The summed E-state index contributed by atoms with van der Waals surface area (Å²) in [6.45, 7) is 8.46. The van der Waals surface area contributed by atoms with Crippen LogP contribution >= 0.6 is 0 Å². The summed E-state index contributed by atoms with van der Waals surface area (Å²) in [7, 11) is 0. The third-order valence-electron chi connectivity index (χ3n) is 3.25. The quantitative estimate of drug-likeness (QED) is 0.700. The van der Waals surface area contributed by atoms with Gasteiger partial charge in [-0.2, -0.15) is 0 Å². The number of hydrogen-bond donors (Lipinski definition) is 0. The van der Waals surface area contributed by atoms with Crippen molar-refractivity contribution >= 4 is 5.91 Å². The van der Waals surface area contributed by atoms with Crippen LogP contribution in [0.25, 0.3) is 0 Å². The fourth-order valence-electron chi connectivity index (χ4n) is 2.36. The van der Waals surface area contributed by atoms with E-state index < -0.39 is 0 Å². The lowest BCUT2D eigenvalue weighted by Gasteiger charge is -2.32. The SMILES string of the molecule is CCCC1CCN(C(=O)CC(C)C)CC1. The highest BCUT2D eigenvalue weighted by Crippen LogP contribution is 2.22. The molecule has 2 nitrogen and oxygen atoms in total. The maximum absolute atomic E-state index is 11.8. The molecule has 1 saturated heterocycles. The Morgan fingerprint density at radius 1 is 1.33 bits per heavy atom. The highest BCUT2D eigenvalue weighted by molar-refractivity contribution is 5.76. The van der Waals surface area contributed by atoms with Crippen molar-refractivity contribution in [1.29, 1.82) is 0 Å². The molecule has 1 rings (SSSR count). The molecule has 1 amide bonds. The van der Waals surface area contributed by atoms with E-state index >= 15 is 0 Å². The van der Waals surface area contributed by atoms with Crippen LogP contribution in [-0.4, -0.2) is 23.9 Å². The van der Waals surface area contributed by atoms with E-state index in [-0.39, 0.29) is 0 Å². The average molecular weight is 211 g/mol. The molecule has 0 unspecified atom stereocenters. The summed E-state index contributed by atoms with van der Waals surface area (Å²) < 4.78 is 0. The lowest BCUT2D eigenvalue weighted by molar-refractivity contribution is -0.133. The second-order valence-electron chi connectivity index (χ2n) is 5.21. The van der Waals surface area contributed by atoms with Crippen LogP contribution in [0.1, 0.15) is 52.9 Å². The Labute approximate surface area is 94.0 Å². The molecule has 0 atom stereocenters. The number of carbonyl (C=O) groups excluding carboxylic acids is 1. The second kappa shape index (κ2) is 6.14. The van der Waals surface area contributed by atoms with Crippen LogP contribution in [0.2, 0.25) is 0 Å². The molecule has 0 spiro atoms. The van der Waals surface area contributed by atoms with E-state index in [0.29, 0.717) is 11.8 Å². The van der Waals surface area contributed by atoms with Gasteiger partial charge in [-0.3, -0.25) is 4.79 Å². The van der Waals surface area contributed by atoms with Crippen molar-refractivity contribution < 1.29 is 4.79 Å². The molecule has 0 aromatic carbocycles. The fraction of sp³-hybridized carbons (Fsp3) is 0.923. The van der Waals surface area contributed by atoms with Crippen LogP contribution in [0, 0.1) is 11.8 Å². The highest BCUT2D eigenvalue weighted by Gasteiger charge is 2.22. The standard InChI is InChI=1S/C13H25NO/c1-4-5-12-6-8-14(9-7-12)13(15)10-11(2)3/h11-12H,4-10H2,1-3H3. The Morgan fingerprint density at radius 3 is 2.40 bits per heavy atom. The van der Waals surface area contributed by atoms with Gasteiger partial charge in [-0.15, -0.1) is 0 Å². The number of piperidine rings is 1. The molecule has 1 aliphatic rings. The zero-order valence-corrected chi connectivity index (χ0v) is 10.5. The van der Waals surface area contributed by atoms with Crippen LogP contribution in [-0.2, 0) is 4.79 Å². The third kappa shape index (κ3) is 4.23. The Morgan fingerprint density at radius 2 is 1.93 bits per heavy atom. The molecule has 1 heterocycles. The number of carbonyl (C=O) groups is 1. The van der Waals surface area contributed by atoms with Crippen molar-refractivity contribution in [2.75, 3.05) is 13.1 Å². The Balaban J connectivity index is 2.27. The maximum atomic E-state index is 11.8. The molecule has 0 radical (unpaired) electrons. The van der Waals surface area contributed by atoms with Gasteiger partial charge < -0.3 is 4.90 Å². The monoisotopic (exact) mass is 211 g/mol. The Hall–Kier alpha value is -0.530. The lowest BCUT2D eigenvalue weighted by atomic mass is 9.92. The maximum Gasteiger partial charge on any atom is 0.222 e. The van der Waals surface area contributed by atoms with Gasteiger partial charge >= 0.3 is 0 Å². The predicted octanol–water partition coefficient (Wildman–Crippen LogP) is 3.07. The minimum absolute atomic E-state index is 0.361. The highest BCUT2D eigenvalue weighted by atomic mass is 16.2. The van der Waals surface area contributed by atoms with Gasteiger partial charge in [0.05, 0.1) is 0 Å². The van der Waals surface area contributed by atoms with Gasteiger partial charge in [-0.1, -0.05) is 33.6 Å². The Bertz CT molecular complexity index is 193. The van der Waals surface area contributed by atoms with Crippen LogP contribution in [0.15, 0.2) is 0 Å². The molecule has 15 heavy (non-hydrogen) atoms. The lowest BCUT2D eigenvalue weighted by Crippen LogP contribution is -2.38. The van der Waals surface area contributed by atoms with E-state index in [4.69, 9.17) is 0 Å².